The van der Waals surface area contributed by atoms with Crippen LogP contribution in [0.15, 0.2) is 67.0 Å². The number of hydrogen-bond donors (Lipinski definition) is 2. The Hall–Kier alpha value is -4.66. The average molecular weight is 764 g/mol. The van der Waals surface area contributed by atoms with Crippen molar-refractivity contribution in [3.8, 4) is 34.4 Å². The smallest absolute Gasteiger partial charge is 0.320 e. The first-order valence-corrected chi connectivity index (χ1v) is 19.8. The molecule has 3 saturated heterocycles. The van der Waals surface area contributed by atoms with Crippen molar-refractivity contribution in [1.82, 2.24) is 20.1 Å². The van der Waals surface area contributed by atoms with E-state index in [1.165, 1.54) is 19.3 Å². The number of ether oxygens (including phenoxy) is 3. The summed E-state index contributed by atoms with van der Waals surface area (Å²) in [5.74, 6) is 2.70. The SMILES string of the molecule is Cc1c(COc2cc(OCc3cncc(C#N)c3)c(CN3CCCC[C@H]3C(=O)O)cc2Cl)cccc1-c1cccc(OCCCN2CC3CNCC3C2)c1C. The first-order valence-electron chi connectivity index (χ1n) is 19.4. The Morgan fingerprint density at radius 3 is 2.47 bits per heavy atom. The molecule has 3 aliphatic rings. The third kappa shape index (κ3) is 9.25. The molecule has 0 saturated carbocycles. The summed E-state index contributed by atoms with van der Waals surface area (Å²) in [6.07, 6.45) is 6.58. The van der Waals surface area contributed by atoms with Crippen LogP contribution in [0.1, 0.15) is 59.1 Å². The maximum atomic E-state index is 12.1. The molecule has 3 fully saturated rings. The summed E-state index contributed by atoms with van der Waals surface area (Å²) in [7, 11) is 0. The van der Waals surface area contributed by atoms with Gasteiger partial charge >= 0.3 is 5.97 Å². The molecule has 4 heterocycles. The second kappa shape index (κ2) is 17.9. The third-order valence-corrected chi connectivity index (χ3v) is 11.7. The first-order chi connectivity index (χ1) is 26.8. The maximum absolute atomic E-state index is 12.1. The number of nitriles is 1. The van der Waals surface area contributed by atoms with Gasteiger partial charge in [0.25, 0.3) is 0 Å². The average Bonchev–Trinajstić information content (AvgIpc) is 3.80. The Balaban J connectivity index is 1.05. The molecule has 0 spiro atoms. The van der Waals surface area contributed by atoms with Gasteiger partial charge in [-0.3, -0.25) is 14.7 Å². The number of nitrogens with zero attached hydrogens (tertiary/aromatic N) is 4. The van der Waals surface area contributed by atoms with Crippen LogP contribution in [0.3, 0.4) is 0 Å². The van der Waals surface area contributed by atoms with Crippen molar-refractivity contribution in [2.75, 3.05) is 45.9 Å². The molecule has 2 N–H and O–H groups in total. The van der Waals surface area contributed by atoms with Gasteiger partial charge in [0.15, 0.2) is 0 Å². The molecule has 2 unspecified atom stereocenters. The lowest BCUT2D eigenvalue weighted by atomic mass is 9.93. The molecular formula is C44H50ClN5O5. The zero-order chi connectivity index (χ0) is 38.3. The monoisotopic (exact) mass is 763 g/mol. The molecule has 3 atom stereocenters. The van der Waals surface area contributed by atoms with Gasteiger partial charge in [-0.2, -0.15) is 5.26 Å². The number of rotatable bonds is 15. The summed E-state index contributed by atoms with van der Waals surface area (Å²) in [6.45, 7) is 12.2. The van der Waals surface area contributed by atoms with Crippen LogP contribution < -0.4 is 19.5 Å². The fourth-order valence-corrected chi connectivity index (χ4v) is 8.61. The van der Waals surface area contributed by atoms with Crippen LogP contribution in [0, 0.1) is 37.0 Å². The number of aromatic nitrogens is 1. The molecule has 7 rings (SSSR count). The van der Waals surface area contributed by atoms with E-state index in [-0.39, 0.29) is 13.2 Å². The number of hydrogen-bond acceptors (Lipinski definition) is 9. The molecule has 4 aromatic rings. The van der Waals surface area contributed by atoms with Crippen LogP contribution in [0.5, 0.6) is 17.2 Å². The van der Waals surface area contributed by atoms with E-state index in [1.54, 1.807) is 18.3 Å². The minimum Gasteiger partial charge on any atom is -0.493 e. The molecule has 0 aliphatic carbocycles. The largest absolute Gasteiger partial charge is 0.493 e. The number of aliphatic carboxylic acids is 1. The van der Waals surface area contributed by atoms with E-state index >= 15 is 0 Å². The Bertz CT molecular complexity index is 2020. The Labute approximate surface area is 329 Å². The number of fused-ring (bicyclic) bond motifs is 1. The lowest BCUT2D eigenvalue weighted by Gasteiger charge is -2.33. The van der Waals surface area contributed by atoms with Gasteiger partial charge in [-0.1, -0.05) is 48.4 Å². The Morgan fingerprint density at radius 1 is 0.927 bits per heavy atom. The number of halogens is 1. The minimum absolute atomic E-state index is 0.166. The molecule has 0 amide bonds. The number of carbonyl (C=O) groups is 1. The van der Waals surface area contributed by atoms with E-state index in [0.29, 0.717) is 48.2 Å². The maximum Gasteiger partial charge on any atom is 0.320 e. The molecule has 11 heteroatoms. The van der Waals surface area contributed by atoms with Crippen molar-refractivity contribution < 1.29 is 24.1 Å². The van der Waals surface area contributed by atoms with Crippen LogP contribution in [-0.2, 0) is 24.6 Å². The number of piperidine rings is 1. The molecule has 10 nitrogen and oxygen atoms in total. The molecule has 3 aromatic carbocycles. The fraction of sp³-hybridized carbons (Fsp3) is 0.432. The molecular weight excluding hydrogens is 714 g/mol. The predicted octanol–water partition coefficient (Wildman–Crippen LogP) is 7.41. The van der Waals surface area contributed by atoms with Gasteiger partial charge in [0.2, 0.25) is 0 Å². The van der Waals surface area contributed by atoms with Gasteiger partial charge in [-0.25, -0.2) is 0 Å². The lowest BCUT2D eigenvalue weighted by Crippen LogP contribution is -2.44. The Morgan fingerprint density at radius 2 is 1.69 bits per heavy atom. The predicted molar refractivity (Wildman–Crippen MR) is 213 cm³/mol. The normalized spacial score (nSPS) is 19.9. The van der Waals surface area contributed by atoms with Crippen molar-refractivity contribution in [1.29, 1.82) is 5.26 Å². The zero-order valence-electron chi connectivity index (χ0n) is 31.7. The van der Waals surface area contributed by atoms with E-state index in [1.807, 2.05) is 11.0 Å². The van der Waals surface area contributed by atoms with E-state index in [2.05, 4.69) is 71.5 Å². The number of carboxylic acids is 1. The quantitative estimate of drug-likeness (QED) is 0.119. The van der Waals surface area contributed by atoms with Crippen molar-refractivity contribution in [3.63, 3.8) is 0 Å². The molecule has 0 bridgehead atoms. The molecule has 288 valence electrons. The Kier molecular flexibility index (Phi) is 12.5. The van der Waals surface area contributed by atoms with Gasteiger partial charge in [-0.05, 0) is 111 Å². The molecule has 0 radical (unpaired) electrons. The highest BCUT2D eigenvalue weighted by Crippen LogP contribution is 2.37. The number of likely N-dealkylation sites (tertiary alicyclic amines) is 2. The van der Waals surface area contributed by atoms with Gasteiger partial charge in [0.1, 0.15) is 42.6 Å². The van der Waals surface area contributed by atoms with Gasteiger partial charge in [0.05, 0.1) is 17.2 Å². The van der Waals surface area contributed by atoms with E-state index in [4.69, 9.17) is 25.8 Å². The second-order valence-corrected chi connectivity index (χ2v) is 15.5. The van der Waals surface area contributed by atoms with Crippen molar-refractivity contribution >= 4 is 17.6 Å². The van der Waals surface area contributed by atoms with Gasteiger partial charge < -0.3 is 29.5 Å². The number of pyridine rings is 1. The summed E-state index contributed by atoms with van der Waals surface area (Å²) in [5, 5.41) is 23.2. The second-order valence-electron chi connectivity index (χ2n) is 15.1. The van der Waals surface area contributed by atoms with Crippen molar-refractivity contribution in [2.45, 2.75) is 65.3 Å². The summed E-state index contributed by atoms with van der Waals surface area (Å²) in [4.78, 5) is 20.8. The number of benzene rings is 3. The molecule has 55 heavy (non-hydrogen) atoms. The van der Waals surface area contributed by atoms with Crippen LogP contribution in [-0.4, -0.2) is 77.8 Å². The van der Waals surface area contributed by atoms with Crippen LogP contribution in [0.25, 0.3) is 11.1 Å². The standard InChI is InChI=1S/C44H50ClN5O5/c1-29-33(8-5-9-37(29)38-10-6-12-41(30(38)2)53-15-7-13-49-24-35-22-48-23-36(35)25-49)28-55-43-18-42(54-27-32-16-31(19-46)20-47-21-32)34(17-39(43)45)26-50-14-4-3-11-40(50)44(51)52/h5-6,8-10,12,16-18,20-21,35-36,40,48H,3-4,7,11,13-15,22-28H2,1-2H3,(H,51,52)/t35?,36?,40-/m0/s1. The van der Waals surface area contributed by atoms with Crippen LogP contribution in [0.2, 0.25) is 5.02 Å². The zero-order valence-corrected chi connectivity index (χ0v) is 32.5. The third-order valence-electron chi connectivity index (χ3n) is 11.5. The van der Waals surface area contributed by atoms with Gasteiger partial charge in [-0.15, -0.1) is 0 Å². The molecule has 1 aromatic heterocycles. The lowest BCUT2D eigenvalue weighted by molar-refractivity contribution is -0.144. The fourth-order valence-electron chi connectivity index (χ4n) is 8.37. The molecule has 3 aliphatic heterocycles. The summed E-state index contributed by atoms with van der Waals surface area (Å²) < 4.78 is 19.1. The van der Waals surface area contributed by atoms with Crippen molar-refractivity contribution in [2.24, 2.45) is 11.8 Å². The minimum atomic E-state index is -0.826. The number of nitrogens with one attached hydrogen (secondary N) is 1. The van der Waals surface area contributed by atoms with E-state index < -0.39 is 12.0 Å². The summed E-state index contributed by atoms with van der Waals surface area (Å²) in [6, 6.07) is 19.4. The van der Waals surface area contributed by atoms with Crippen LogP contribution in [0.4, 0.5) is 0 Å². The highest BCUT2D eigenvalue weighted by Gasteiger charge is 2.35. The number of carboxylic acid groups (broad SMARTS) is 1. The van der Waals surface area contributed by atoms with E-state index in [0.717, 1.165) is 95.4 Å². The highest BCUT2D eigenvalue weighted by atomic mass is 35.5. The summed E-state index contributed by atoms with van der Waals surface area (Å²) >= 11 is 6.88. The summed E-state index contributed by atoms with van der Waals surface area (Å²) in [5.41, 5.74) is 7.43. The van der Waals surface area contributed by atoms with E-state index in [9.17, 15) is 15.2 Å². The first kappa shape index (κ1) is 38.6. The van der Waals surface area contributed by atoms with Crippen molar-refractivity contribution in [3.05, 3.63) is 105 Å². The van der Waals surface area contributed by atoms with Crippen LogP contribution >= 0.6 is 11.6 Å². The van der Waals surface area contributed by atoms with Gasteiger partial charge in [0, 0.05) is 55.8 Å². The topological polar surface area (TPSA) is 120 Å². The highest BCUT2D eigenvalue weighted by molar-refractivity contribution is 6.32.